The monoisotopic (exact) mass is 389 g/mol. The normalized spacial score (nSPS) is 15.7. The van der Waals surface area contributed by atoms with E-state index in [9.17, 15) is 4.79 Å². The van der Waals surface area contributed by atoms with Gasteiger partial charge in [0.2, 0.25) is 5.91 Å². The molecule has 2 aromatic heterocycles. The van der Waals surface area contributed by atoms with Gasteiger partial charge in [0.05, 0.1) is 12.9 Å². The van der Waals surface area contributed by atoms with E-state index < -0.39 is 0 Å². The molecule has 0 N–H and O–H groups in total. The molecule has 0 bridgehead atoms. The maximum Gasteiger partial charge on any atom is 0.241 e. The van der Waals surface area contributed by atoms with Crippen LogP contribution in [-0.4, -0.2) is 44.5 Å². The Morgan fingerprint density at radius 3 is 2.86 bits per heavy atom. The molecule has 6 nitrogen and oxygen atoms in total. The van der Waals surface area contributed by atoms with Gasteiger partial charge in [-0.2, -0.15) is 0 Å². The molecule has 6 heteroatoms. The molecule has 3 heterocycles. The van der Waals surface area contributed by atoms with Gasteiger partial charge >= 0.3 is 0 Å². The largest absolute Gasteiger partial charge is 0.337 e. The van der Waals surface area contributed by atoms with E-state index in [2.05, 4.69) is 44.6 Å². The molecule has 0 saturated carbocycles. The third-order valence-electron chi connectivity index (χ3n) is 5.41. The first-order valence-electron chi connectivity index (χ1n) is 10.2. The highest BCUT2D eigenvalue weighted by atomic mass is 16.2. The van der Waals surface area contributed by atoms with Gasteiger partial charge in [0.25, 0.3) is 0 Å². The maximum absolute atomic E-state index is 13.3. The summed E-state index contributed by atoms with van der Waals surface area (Å²) in [6.07, 6.45) is 11.1. The van der Waals surface area contributed by atoms with Crippen molar-refractivity contribution in [3.63, 3.8) is 0 Å². The third kappa shape index (κ3) is 4.71. The van der Waals surface area contributed by atoms with Gasteiger partial charge in [0, 0.05) is 56.2 Å². The summed E-state index contributed by atoms with van der Waals surface area (Å²) in [5, 5.41) is 0. The number of carbonyl (C=O) groups is 1. The maximum atomic E-state index is 13.3. The Morgan fingerprint density at radius 1 is 1.17 bits per heavy atom. The molecule has 1 amide bonds. The summed E-state index contributed by atoms with van der Waals surface area (Å²) in [5.41, 5.74) is 3.44. The number of imidazole rings is 1. The summed E-state index contributed by atoms with van der Waals surface area (Å²) >= 11 is 0. The lowest BCUT2D eigenvalue weighted by molar-refractivity contribution is -0.120. The van der Waals surface area contributed by atoms with Crippen LogP contribution in [0.1, 0.15) is 24.5 Å². The summed E-state index contributed by atoms with van der Waals surface area (Å²) < 4.78 is 2.07. The van der Waals surface area contributed by atoms with E-state index in [1.54, 1.807) is 12.4 Å². The zero-order valence-corrected chi connectivity index (χ0v) is 16.8. The van der Waals surface area contributed by atoms with E-state index in [4.69, 9.17) is 0 Å². The SMILES string of the molecule is CC1Cc2ccccc2N1C(=O)CN(CCCn1ccnc1)Cc1cccnc1. The average molecular weight is 390 g/mol. The molecule has 1 unspecified atom stereocenters. The van der Waals surface area contributed by atoms with Crippen molar-refractivity contribution in [1.82, 2.24) is 19.4 Å². The molecule has 1 atom stereocenters. The van der Waals surface area contributed by atoms with Gasteiger partial charge in [0.1, 0.15) is 0 Å². The molecule has 0 spiro atoms. The molecule has 1 aromatic carbocycles. The number of rotatable bonds is 8. The number of aryl methyl sites for hydroxylation is 1. The lowest BCUT2D eigenvalue weighted by Crippen LogP contribution is -2.43. The molecular weight excluding hydrogens is 362 g/mol. The van der Waals surface area contributed by atoms with Gasteiger partial charge in [-0.1, -0.05) is 24.3 Å². The molecule has 29 heavy (non-hydrogen) atoms. The number of pyridine rings is 1. The first-order valence-corrected chi connectivity index (χ1v) is 10.2. The van der Waals surface area contributed by atoms with Crippen LogP contribution in [0.5, 0.6) is 0 Å². The van der Waals surface area contributed by atoms with Crippen molar-refractivity contribution in [2.75, 3.05) is 18.0 Å². The van der Waals surface area contributed by atoms with Crippen LogP contribution in [0.15, 0.2) is 67.5 Å². The molecule has 4 rings (SSSR count). The van der Waals surface area contributed by atoms with Crippen LogP contribution in [-0.2, 0) is 24.3 Å². The molecule has 1 aliphatic rings. The molecule has 0 saturated heterocycles. The number of anilines is 1. The molecular formula is C23H27N5O. The van der Waals surface area contributed by atoms with Crippen molar-refractivity contribution in [1.29, 1.82) is 0 Å². The highest BCUT2D eigenvalue weighted by molar-refractivity contribution is 5.97. The van der Waals surface area contributed by atoms with Crippen molar-refractivity contribution < 1.29 is 4.79 Å². The fourth-order valence-corrected chi connectivity index (χ4v) is 4.07. The van der Waals surface area contributed by atoms with Crippen molar-refractivity contribution in [3.8, 4) is 0 Å². The minimum Gasteiger partial charge on any atom is -0.337 e. The number of hydrogen-bond donors (Lipinski definition) is 0. The second kappa shape index (κ2) is 9.01. The number of hydrogen-bond acceptors (Lipinski definition) is 4. The lowest BCUT2D eigenvalue weighted by atomic mass is 10.1. The number of amides is 1. The second-order valence-electron chi connectivity index (χ2n) is 7.67. The van der Waals surface area contributed by atoms with Crippen molar-refractivity contribution in [2.45, 2.75) is 38.9 Å². The number of carbonyl (C=O) groups excluding carboxylic acids is 1. The first-order chi connectivity index (χ1) is 14.2. The van der Waals surface area contributed by atoms with Crippen LogP contribution in [0.2, 0.25) is 0 Å². The zero-order chi connectivity index (χ0) is 20.1. The van der Waals surface area contributed by atoms with Crippen LogP contribution >= 0.6 is 0 Å². The van der Waals surface area contributed by atoms with Crippen LogP contribution < -0.4 is 4.90 Å². The molecule has 0 aliphatic carbocycles. The Balaban J connectivity index is 1.44. The summed E-state index contributed by atoms with van der Waals surface area (Å²) in [7, 11) is 0. The summed E-state index contributed by atoms with van der Waals surface area (Å²) in [6, 6.07) is 12.4. The highest BCUT2D eigenvalue weighted by Gasteiger charge is 2.31. The number of benzene rings is 1. The van der Waals surface area contributed by atoms with Crippen LogP contribution in [0, 0.1) is 0 Å². The molecule has 0 radical (unpaired) electrons. The number of aromatic nitrogens is 3. The third-order valence-corrected chi connectivity index (χ3v) is 5.41. The van der Waals surface area contributed by atoms with Gasteiger partial charge in [-0.05, 0) is 43.0 Å². The van der Waals surface area contributed by atoms with E-state index in [0.29, 0.717) is 13.1 Å². The standard InChI is InChI=1S/C23H27N5O/c1-19-14-21-7-2-3-8-22(21)28(19)23(29)17-27(16-20-6-4-9-24-15-20)12-5-11-26-13-10-25-18-26/h2-4,6-10,13,15,18-19H,5,11-12,14,16-17H2,1H3. The Bertz CT molecular complexity index is 925. The molecule has 0 fully saturated rings. The quantitative estimate of drug-likeness (QED) is 0.594. The number of nitrogens with zero attached hydrogens (tertiary/aromatic N) is 5. The van der Waals surface area contributed by atoms with Crippen molar-refractivity contribution in [3.05, 3.63) is 78.6 Å². The molecule has 1 aliphatic heterocycles. The summed E-state index contributed by atoms with van der Waals surface area (Å²) in [4.78, 5) is 25.8. The first kappa shape index (κ1) is 19.3. The Labute approximate surface area is 171 Å². The van der Waals surface area contributed by atoms with Gasteiger partial charge in [-0.3, -0.25) is 14.7 Å². The van der Waals surface area contributed by atoms with E-state index in [1.807, 2.05) is 41.8 Å². The highest BCUT2D eigenvalue weighted by Crippen LogP contribution is 2.31. The van der Waals surface area contributed by atoms with Gasteiger partial charge in [0.15, 0.2) is 0 Å². The molecule has 3 aromatic rings. The Hall–Kier alpha value is -2.99. The van der Waals surface area contributed by atoms with E-state index in [0.717, 1.165) is 37.2 Å². The van der Waals surface area contributed by atoms with E-state index in [-0.39, 0.29) is 11.9 Å². The smallest absolute Gasteiger partial charge is 0.241 e. The Morgan fingerprint density at radius 2 is 2.07 bits per heavy atom. The van der Waals surface area contributed by atoms with Crippen molar-refractivity contribution >= 4 is 11.6 Å². The number of para-hydroxylation sites is 1. The van der Waals surface area contributed by atoms with Crippen LogP contribution in [0.4, 0.5) is 5.69 Å². The lowest BCUT2D eigenvalue weighted by Gasteiger charge is -2.28. The predicted molar refractivity (Wildman–Crippen MR) is 113 cm³/mol. The van der Waals surface area contributed by atoms with Crippen LogP contribution in [0.25, 0.3) is 0 Å². The van der Waals surface area contributed by atoms with Crippen LogP contribution in [0.3, 0.4) is 0 Å². The number of fused-ring (bicyclic) bond motifs is 1. The fraction of sp³-hybridized carbons (Fsp3) is 0.348. The van der Waals surface area contributed by atoms with Gasteiger partial charge in [-0.25, -0.2) is 4.98 Å². The van der Waals surface area contributed by atoms with Crippen molar-refractivity contribution in [2.24, 2.45) is 0 Å². The topological polar surface area (TPSA) is 54.3 Å². The summed E-state index contributed by atoms with van der Waals surface area (Å²) in [5.74, 6) is 0.161. The minimum atomic E-state index is 0.161. The Kier molecular flexibility index (Phi) is 6.00. The van der Waals surface area contributed by atoms with E-state index in [1.165, 1.54) is 5.56 Å². The van der Waals surface area contributed by atoms with E-state index >= 15 is 0 Å². The predicted octanol–water partition coefficient (Wildman–Crippen LogP) is 3.15. The second-order valence-corrected chi connectivity index (χ2v) is 7.67. The van der Waals surface area contributed by atoms with Gasteiger partial charge in [-0.15, -0.1) is 0 Å². The minimum absolute atomic E-state index is 0.161. The summed E-state index contributed by atoms with van der Waals surface area (Å²) in [6.45, 7) is 4.97. The molecule has 150 valence electrons. The average Bonchev–Trinajstić information content (AvgIpc) is 3.35. The zero-order valence-electron chi connectivity index (χ0n) is 16.8. The fourth-order valence-electron chi connectivity index (χ4n) is 4.07. The van der Waals surface area contributed by atoms with Gasteiger partial charge < -0.3 is 9.47 Å².